The quantitative estimate of drug-likeness (QED) is 0.809. The van der Waals surface area contributed by atoms with E-state index in [4.69, 9.17) is 4.52 Å². The van der Waals surface area contributed by atoms with Crippen LogP contribution in [0.25, 0.3) is 11.4 Å². The second-order valence-electron chi connectivity index (χ2n) is 4.99. The molecule has 1 amide bonds. The fourth-order valence-electron chi connectivity index (χ4n) is 1.98. The highest BCUT2D eigenvalue weighted by molar-refractivity contribution is 8.13. The van der Waals surface area contributed by atoms with E-state index in [0.29, 0.717) is 33.9 Å². The highest BCUT2D eigenvalue weighted by Crippen LogP contribution is 2.22. The molecule has 3 rings (SSSR count). The average molecular weight is 326 g/mol. The molecule has 6 nitrogen and oxygen atoms in total. The summed E-state index contributed by atoms with van der Waals surface area (Å²) in [5, 5.41) is 4.38. The summed E-state index contributed by atoms with van der Waals surface area (Å²) in [6, 6.07) is 7.83. The van der Waals surface area contributed by atoms with Gasteiger partial charge in [-0.1, -0.05) is 47.8 Å². The molecule has 0 unspecified atom stereocenters. The van der Waals surface area contributed by atoms with Gasteiger partial charge in [0.25, 0.3) is 5.91 Å². The molecule has 1 aromatic carbocycles. The Morgan fingerprint density at radius 3 is 2.74 bits per heavy atom. The van der Waals surface area contributed by atoms with Gasteiger partial charge in [0.1, 0.15) is 0 Å². The average Bonchev–Trinajstić information content (AvgIpc) is 2.99. The van der Waals surface area contributed by atoms with Crippen LogP contribution in [0.15, 0.2) is 50.9 Å². The van der Waals surface area contributed by atoms with Gasteiger partial charge in [-0.3, -0.25) is 4.79 Å². The van der Waals surface area contributed by atoms with Crippen LogP contribution in [0.2, 0.25) is 0 Å². The number of aliphatic imine (C=N–C) groups is 2. The molecule has 0 N–H and O–H groups in total. The van der Waals surface area contributed by atoms with E-state index >= 15 is 0 Å². The van der Waals surface area contributed by atoms with Gasteiger partial charge in [0.05, 0.1) is 17.0 Å². The Morgan fingerprint density at radius 1 is 1.22 bits per heavy atom. The van der Waals surface area contributed by atoms with Crippen LogP contribution < -0.4 is 0 Å². The summed E-state index contributed by atoms with van der Waals surface area (Å²) >= 11 is 1.28. The van der Waals surface area contributed by atoms with E-state index in [1.165, 1.54) is 11.8 Å². The molecular weight excluding hydrogens is 312 g/mol. The van der Waals surface area contributed by atoms with Gasteiger partial charge in [-0.2, -0.15) is 9.98 Å². The highest BCUT2D eigenvalue weighted by atomic mass is 32.2. The lowest BCUT2D eigenvalue weighted by Crippen LogP contribution is -2.15. The van der Waals surface area contributed by atoms with Gasteiger partial charge in [-0.15, -0.1) is 0 Å². The van der Waals surface area contributed by atoms with E-state index < -0.39 is 0 Å². The van der Waals surface area contributed by atoms with Crippen molar-refractivity contribution >= 4 is 28.5 Å². The number of hydrogen-bond donors (Lipinski definition) is 0. The Balaban J connectivity index is 1.71. The lowest BCUT2D eigenvalue weighted by atomic mass is 10.1. The standard InChI is InChI=1S/C16H14N4O2S/c1-9-6-4-5-7-12(9)14-18-13(22-20-14)8-23-16-17-11(3)10(2)15(21)19-16/h4-7H,2,8H2,1,3H3. The van der Waals surface area contributed by atoms with E-state index in [1.54, 1.807) is 6.92 Å². The van der Waals surface area contributed by atoms with Gasteiger partial charge in [0, 0.05) is 5.56 Å². The molecule has 0 spiro atoms. The predicted octanol–water partition coefficient (Wildman–Crippen LogP) is 3.19. The Hall–Kier alpha value is -2.54. The van der Waals surface area contributed by atoms with Crippen LogP contribution in [0.1, 0.15) is 18.4 Å². The van der Waals surface area contributed by atoms with Crippen molar-refractivity contribution in [2.24, 2.45) is 9.98 Å². The highest BCUT2D eigenvalue weighted by Gasteiger charge is 2.18. The smallest absolute Gasteiger partial charge is 0.280 e. The summed E-state index contributed by atoms with van der Waals surface area (Å²) in [5.74, 6) is 1.05. The minimum atomic E-state index is -0.355. The number of benzene rings is 1. The summed E-state index contributed by atoms with van der Waals surface area (Å²) in [6.07, 6.45) is 0. The van der Waals surface area contributed by atoms with Crippen LogP contribution in [0.5, 0.6) is 0 Å². The van der Waals surface area contributed by atoms with Crippen LogP contribution in [0, 0.1) is 6.92 Å². The molecule has 0 aliphatic carbocycles. The fourth-order valence-corrected chi connectivity index (χ4v) is 2.70. The van der Waals surface area contributed by atoms with Crippen molar-refractivity contribution in [3.63, 3.8) is 0 Å². The van der Waals surface area contributed by atoms with Crippen molar-refractivity contribution in [2.75, 3.05) is 0 Å². The van der Waals surface area contributed by atoms with E-state index in [-0.39, 0.29) is 5.91 Å². The lowest BCUT2D eigenvalue weighted by Gasteiger charge is -2.08. The first-order valence-electron chi connectivity index (χ1n) is 6.93. The topological polar surface area (TPSA) is 80.7 Å². The molecule has 1 aromatic heterocycles. The molecule has 1 aliphatic heterocycles. The first-order chi connectivity index (χ1) is 11.0. The monoisotopic (exact) mass is 326 g/mol. The third-order valence-corrected chi connectivity index (χ3v) is 4.17. The van der Waals surface area contributed by atoms with Gasteiger partial charge in [0.15, 0.2) is 5.17 Å². The number of rotatable bonds is 3. The third-order valence-electron chi connectivity index (χ3n) is 3.33. The van der Waals surface area contributed by atoms with E-state index in [2.05, 4.69) is 26.7 Å². The zero-order valence-electron chi connectivity index (χ0n) is 12.7. The number of aryl methyl sites for hydroxylation is 1. The summed E-state index contributed by atoms with van der Waals surface area (Å²) in [6.45, 7) is 7.36. The van der Waals surface area contributed by atoms with Crippen LogP contribution in [0.3, 0.4) is 0 Å². The van der Waals surface area contributed by atoms with Gasteiger partial charge in [0.2, 0.25) is 11.7 Å². The summed E-state index contributed by atoms with van der Waals surface area (Å²) < 4.78 is 5.25. The Morgan fingerprint density at radius 2 is 2.00 bits per heavy atom. The molecule has 1 aliphatic rings. The van der Waals surface area contributed by atoms with E-state index in [1.807, 2.05) is 31.2 Å². The minimum Gasteiger partial charge on any atom is -0.338 e. The Kier molecular flexibility index (Phi) is 4.20. The molecular formula is C16H14N4O2S. The molecule has 23 heavy (non-hydrogen) atoms. The predicted molar refractivity (Wildman–Crippen MR) is 90.5 cm³/mol. The van der Waals surface area contributed by atoms with Crippen molar-refractivity contribution in [1.29, 1.82) is 0 Å². The number of nitrogens with zero attached hydrogens (tertiary/aromatic N) is 4. The number of amides is 1. The fraction of sp³-hybridized carbons (Fsp3) is 0.188. The maximum absolute atomic E-state index is 11.6. The second kappa shape index (κ2) is 6.29. The number of hydrogen-bond acceptors (Lipinski definition) is 6. The number of amidine groups is 1. The van der Waals surface area contributed by atoms with Crippen LogP contribution in [-0.2, 0) is 10.5 Å². The maximum Gasteiger partial charge on any atom is 0.280 e. The molecule has 0 saturated heterocycles. The third kappa shape index (κ3) is 3.29. The van der Waals surface area contributed by atoms with Crippen LogP contribution in [0.4, 0.5) is 0 Å². The Bertz CT molecular complexity index is 851. The Labute approximate surface area is 137 Å². The van der Waals surface area contributed by atoms with Crippen LogP contribution >= 0.6 is 11.8 Å². The van der Waals surface area contributed by atoms with Crippen molar-refractivity contribution < 1.29 is 9.32 Å². The molecule has 116 valence electrons. The summed E-state index contributed by atoms with van der Waals surface area (Å²) in [5.41, 5.74) is 2.92. The second-order valence-corrected chi connectivity index (χ2v) is 5.93. The number of aromatic nitrogens is 2. The molecule has 7 heteroatoms. The first kappa shape index (κ1) is 15.4. The SMILES string of the molecule is C=C1C(=O)N=C(SCc2nc(-c3ccccc3C)no2)N=C1C. The number of thioether (sulfide) groups is 1. The summed E-state index contributed by atoms with van der Waals surface area (Å²) in [7, 11) is 0. The number of carbonyl (C=O) groups excluding carboxylic acids is 1. The molecule has 0 fully saturated rings. The van der Waals surface area contributed by atoms with Gasteiger partial charge < -0.3 is 4.52 Å². The molecule has 2 heterocycles. The first-order valence-corrected chi connectivity index (χ1v) is 7.92. The maximum atomic E-state index is 11.6. The van der Waals surface area contributed by atoms with Crippen molar-refractivity contribution in [3.8, 4) is 11.4 Å². The lowest BCUT2D eigenvalue weighted by molar-refractivity contribution is -0.113. The van der Waals surface area contributed by atoms with E-state index in [0.717, 1.165) is 11.1 Å². The molecule has 0 bridgehead atoms. The normalized spacial score (nSPS) is 14.7. The van der Waals surface area contributed by atoms with E-state index in [9.17, 15) is 4.79 Å². The zero-order valence-corrected chi connectivity index (χ0v) is 13.6. The summed E-state index contributed by atoms with van der Waals surface area (Å²) in [4.78, 5) is 24.1. The van der Waals surface area contributed by atoms with Crippen molar-refractivity contribution in [3.05, 3.63) is 47.9 Å². The van der Waals surface area contributed by atoms with Gasteiger partial charge in [-0.25, -0.2) is 4.99 Å². The van der Waals surface area contributed by atoms with Crippen molar-refractivity contribution in [2.45, 2.75) is 19.6 Å². The van der Waals surface area contributed by atoms with Crippen LogP contribution in [-0.4, -0.2) is 26.9 Å². The minimum absolute atomic E-state index is 0.328. The molecule has 2 aromatic rings. The van der Waals surface area contributed by atoms with Crippen molar-refractivity contribution in [1.82, 2.24) is 10.1 Å². The van der Waals surface area contributed by atoms with Gasteiger partial charge in [-0.05, 0) is 19.4 Å². The largest absolute Gasteiger partial charge is 0.338 e. The van der Waals surface area contributed by atoms with Gasteiger partial charge >= 0.3 is 0 Å². The zero-order chi connectivity index (χ0) is 16.4. The number of carbonyl (C=O) groups is 1. The molecule has 0 atom stereocenters. The molecule has 0 saturated carbocycles. The molecule has 0 radical (unpaired) electrons.